The number of aromatic nitrogens is 3. The Balaban J connectivity index is 1.59. The summed E-state index contributed by atoms with van der Waals surface area (Å²) in [5.41, 5.74) is 1.36. The molecule has 0 unspecified atom stereocenters. The summed E-state index contributed by atoms with van der Waals surface area (Å²) in [5, 5.41) is 9.14. The Kier molecular flexibility index (Phi) is 5.80. The number of morpholine rings is 1. The number of carbonyl (C=O) groups is 1. The summed E-state index contributed by atoms with van der Waals surface area (Å²) >= 11 is 0. The third-order valence-corrected chi connectivity index (χ3v) is 5.25. The zero-order valence-corrected chi connectivity index (χ0v) is 17.1. The van der Waals surface area contributed by atoms with Gasteiger partial charge in [0.25, 0.3) is 5.56 Å². The van der Waals surface area contributed by atoms with Crippen LogP contribution in [-0.2, 0) is 16.1 Å². The summed E-state index contributed by atoms with van der Waals surface area (Å²) in [4.78, 5) is 27.0. The van der Waals surface area contributed by atoms with Crippen molar-refractivity contribution in [2.24, 2.45) is 0 Å². The van der Waals surface area contributed by atoms with Crippen molar-refractivity contribution in [3.8, 4) is 17.0 Å². The Morgan fingerprint density at radius 2 is 1.93 bits per heavy atom. The van der Waals surface area contributed by atoms with Crippen molar-refractivity contribution in [2.45, 2.75) is 26.3 Å². The maximum atomic E-state index is 12.8. The van der Waals surface area contributed by atoms with E-state index >= 15 is 0 Å². The number of hydrogen-bond acceptors (Lipinski definition) is 7. The molecule has 0 aliphatic carbocycles. The highest BCUT2D eigenvalue weighted by molar-refractivity contribution is 5.93. The second kappa shape index (κ2) is 8.66. The van der Waals surface area contributed by atoms with Crippen LogP contribution in [0.2, 0.25) is 0 Å². The monoisotopic (exact) mass is 412 g/mol. The first-order valence-electron chi connectivity index (χ1n) is 9.95. The van der Waals surface area contributed by atoms with E-state index in [0.29, 0.717) is 62.5 Å². The van der Waals surface area contributed by atoms with Crippen molar-refractivity contribution in [2.75, 3.05) is 33.4 Å². The number of amides is 1. The van der Waals surface area contributed by atoms with Crippen LogP contribution in [0.1, 0.15) is 18.6 Å². The number of hydrogen-bond donors (Lipinski definition) is 0. The van der Waals surface area contributed by atoms with E-state index in [1.165, 1.54) is 4.68 Å². The van der Waals surface area contributed by atoms with Gasteiger partial charge >= 0.3 is 0 Å². The molecule has 30 heavy (non-hydrogen) atoms. The van der Waals surface area contributed by atoms with Gasteiger partial charge in [-0.3, -0.25) is 9.59 Å². The van der Waals surface area contributed by atoms with E-state index in [0.717, 1.165) is 11.3 Å². The number of fused-ring (bicyclic) bond motifs is 1. The molecule has 0 atom stereocenters. The van der Waals surface area contributed by atoms with Crippen molar-refractivity contribution in [1.82, 2.24) is 19.8 Å². The van der Waals surface area contributed by atoms with Crippen LogP contribution in [0, 0.1) is 6.92 Å². The molecular weight excluding hydrogens is 388 g/mol. The molecule has 1 aromatic carbocycles. The SMILES string of the molecule is COc1ccc(-c2nn(CCCC(=O)N3CCOCC3)c(=O)c3noc(C)c23)cc1. The number of carbonyl (C=O) groups excluding carboxylic acids is 1. The lowest BCUT2D eigenvalue weighted by atomic mass is 10.1. The predicted octanol–water partition coefficient (Wildman–Crippen LogP) is 2.01. The molecule has 0 radical (unpaired) electrons. The molecule has 0 spiro atoms. The van der Waals surface area contributed by atoms with Gasteiger partial charge in [-0.1, -0.05) is 5.16 Å². The minimum atomic E-state index is -0.321. The minimum Gasteiger partial charge on any atom is -0.497 e. The van der Waals surface area contributed by atoms with Crippen LogP contribution in [-0.4, -0.2) is 59.2 Å². The van der Waals surface area contributed by atoms with Crippen molar-refractivity contribution < 1.29 is 18.8 Å². The Hall–Kier alpha value is -3.20. The van der Waals surface area contributed by atoms with Gasteiger partial charge in [-0.05, 0) is 37.6 Å². The largest absolute Gasteiger partial charge is 0.497 e. The van der Waals surface area contributed by atoms with Crippen LogP contribution in [0.4, 0.5) is 0 Å². The fourth-order valence-electron chi connectivity index (χ4n) is 3.59. The van der Waals surface area contributed by atoms with Crippen LogP contribution in [0.3, 0.4) is 0 Å². The third-order valence-electron chi connectivity index (χ3n) is 5.25. The highest BCUT2D eigenvalue weighted by Crippen LogP contribution is 2.28. The first kappa shape index (κ1) is 20.1. The van der Waals surface area contributed by atoms with Crippen LogP contribution < -0.4 is 10.3 Å². The molecule has 1 saturated heterocycles. The second-order valence-electron chi connectivity index (χ2n) is 7.16. The van der Waals surface area contributed by atoms with Gasteiger partial charge in [0.1, 0.15) is 17.2 Å². The number of methoxy groups -OCH3 is 1. The van der Waals surface area contributed by atoms with Gasteiger partial charge in [-0.15, -0.1) is 0 Å². The molecule has 0 bridgehead atoms. The molecule has 1 aliphatic rings. The zero-order chi connectivity index (χ0) is 21.1. The average Bonchev–Trinajstić information content (AvgIpc) is 3.18. The van der Waals surface area contributed by atoms with E-state index in [2.05, 4.69) is 10.3 Å². The maximum absolute atomic E-state index is 12.8. The molecule has 158 valence electrons. The summed E-state index contributed by atoms with van der Waals surface area (Å²) < 4.78 is 17.1. The van der Waals surface area contributed by atoms with Crippen molar-refractivity contribution in [3.63, 3.8) is 0 Å². The lowest BCUT2D eigenvalue weighted by Crippen LogP contribution is -2.40. The number of aryl methyl sites for hydroxylation is 2. The molecule has 2 aromatic heterocycles. The summed E-state index contributed by atoms with van der Waals surface area (Å²) in [6, 6.07) is 7.43. The van der Waals surface area contributed by atoms with Crippen molar-refractivity contribution in [3.05, 3.63) is 40.4 Å². The first-order chi connectivity index (χ1) is 14.6. The van der Waals surface area contributed by atoms with Gasteiger partial charge in [-0.25, -0.2) is 4.68 Å². The zero-order valence-electron chi connectivity index (χ0n) is 17.1. The Morgan fingerprint density at radius 3 is 2.63 bits per heavy atom. The summed E-state index contributed by atoms with van der Waals surface area (Å²) in [6.45, 7) is 4.45. The van der Waals surface area contributed by atoms with Crippen LogP contribution in [0.25, 0.3) is 22.2 Å². The van der Waals surface area contributed by atoms with Crippen LogP contribution in [0.15, 0.2) is 33.6 Å². The molecule has 0 N–H and O–H groups in total. The van der Waals surface area contributed by atoms with E-state index in [-0.39, 0.29) is 17.0 Å². The molecule has 9 nitrogen and oxygen atoms in total. The Labute approximate surface area is 173 Å². The summed E-state index contributed by atoms with van der Waals surface area (Å²) in [7, 11) is 1.61. The van der Waals surface area contributed by atoms with E-state index in [4.69, 9.17) is 14.0 Å². The van der Waals surface area contributed by atoms with Crippen LogP contribution >= 0.6 is 0 Å². The highest BCUT2D eigenvalue weighted by Gasteiger charge is 2.20. The van der Waals surface area contributed by atoms with Gasteiger partial charge in [0.15, 0.2) is 5.52 Å². The second-order valence-corrected chi connectivity index (χ2v) is 7.16. The summed E-state index contributed by atoms with van der Waals surface area (Å²) in [5.74, 6) is 1.34. The third kappa shape index (κ3) is 3.93. The molecular formula is C21H24N4O5. The fourth-order valence-corrected chi connectivity index (χ4v) is 3.59. The molecule has 9 heteroatoms. The van der Waals surface area contributed by atoms with Gasteiger partial charge in [0.2, 0.25) is 5.91 Å². The Morgan fingerprint density at radius 1 is 1.20 bits per heavy atom. The standard InChI is InChI=1S/C21H24N4O5/c1-14-18-19(15-5-7-16(28-2)8-6-15)22-25(21(27)20(18)23-30-14)9-3-4-17(26)24-10-12-29-13-11-24/h5-8H,3-4,9-13H2,1-2H3. The molecule has 0 saturated carbocycles. The smallest absolute Gasteiger partial charge is 0.296 e. The first-order valence-corrected chi connectivity index (χ1v) is 9.95. The maximum Gasteiger partial charge on any atom is 0.296 e. The molecule has 3 aromatic rings. The predicted molar refractivity (Wildman–Crippen MR) is 109 cm³/mol. The number of rotatable bonds is 6. The number of benzene rings is 1. The average molecular weight is 412 g/mol. The lowest BCUT2D eigenvalue weighted by Gasteiger charge is -2.26. The van der Waals surface area contributed by atoms with Crippen molar-refractivity contribution >= 4 is 16.8 Å². The molecule has 1 fully saturated rings. The highest BCUT2D eigenvalue weighted by atomic mass is 16.5. The van der Waals surface area contributed by atoms with E-state index in [1.807, 2.05) is 24.3 Å². The molecule has 4 rings (SSSR count). The topological polar surface area (TPSA) is 99.7 Å². The van der Waals surface area contributed by atoms with E-state index in [9.17, 15) is 9.59 Å². The Bertz CT molecular complexity index is 1100. The van der Waals surface area contributed by atoms with Crippen LogP contribution in [0.5, 0.6) is 5.75 Å². The number of ether oxygens (including phenoxy) is 2. The fraction of sp³-hybridized carbons (Fsp3) is 0.429. The number of nitrogens with zero attached hydrogens (tertiary/aromatic N) is 4. The molecule has 1 amide bonds. The molecule has 1 aliphatic heterocycles. The van der Waals surface area contributed by atoms with Gasteiger partial charge < -0.3 is 18.9 Å². The van der Waals surface area contributed by atoms with Crippen molar-refractivity contribution in [1.29, 1.82) is 0 Å². The molecule has 3 heterocycles. The van der Waals surface area contributed by atoms with E-state index in [1.54, 1.807) is 18.9 Å². The van der Waals surface area contributed by atoms with E-state index < -0.39 is 0 Å². The van der Waals surface area contributed by atoms with Gasteiger partial charge in [-0.2, -0.15) is 5.10 Å². The minimum absolute atomic E-state index is 0.0695. The summed E-state index contributed by atoms with van der Waals surface area (Å²) in [6.07, 6.45) is 0.857. The normalized spacial score (nSPS) is 14.3. The van der Waals surface area contributed by atoms with Gasteiger partial charge in [0, 0.05) is 31.6 Å². The van der Waals surface area contributed by atoms with Gasteiger partial charge in [0.05, 0.1) is 25.7 Å². The lowest BCUT2D eigenvalue weighted by molar-refractivity contribution is -0.135. The quantitative estimate of drug-likeness (QED) is 0.610.